The van der Waals surface area contributed by atoms with Crippen LogP contribution in [0.25, 0.3) is 11.1 Å². The number of methoxy groups -OCH3 is 1. The highest BCUT2D eigenvalue weighted by molar-refractivity contribution is 6.13. The van der Waals surface area contributed by atoms with Gasteiger partial charge in [0.25, 0.3) is 23.6 Å². The number of amides is 6. The smallest absolute Gasteiger partial charge is 0.260 e. The minimum absolute atomic E-state index is 0.0666. The number of aromatic hydroxyl groups is 1. The summed E-state index contributed by atoms with van der Waals surface area (Å²) < 4.78 is 18.0. The molecule has 3 N–H and O–H groups in total. The van der Waals surface area contributed by atoms with Crippen LogP contribution in [0.3, 0.4) is 0 Å². The van der Waals surface area contributed by atoms with E-state index >= 15 is 0 Å². The number of phenols is 1. The molecule has 4 aromatic carbocycles. The third-order valence-corrected chi connectivity index (χ3v) is 14.5. The van der Waals surface area contributed by atoms with Crippen molar-refractivity contribution in [1.82, 2.24) is 20.0 Å². The Morgan fingerprint density at radius 2 is 1.27 bits per heavy atom. The van der Waals surface area contributed by atoms with Crippen LogP contribution in [-0.2, 0) is 24.0 Å². The average Bonchev–Trinajstić information content (AvgIpc) is 4.24. The Balaban J connectivity index is 0.734. The largest absolute Gasteiger partial charge is 0.508 e. The van der Waals surface area contributed by atoms with Crippen LogP contribution in [0, 0.1) is 18.8 Å². The van der Waals surface area contributed by atoms with Crippen LogP contribution in [0.4, 0.5) is 17.1 Å². The minimum atomic E-state index is -0.758. The van der Waals surface area contributed by atoms with Gasteiger partial charge in [0, 0.05) is 99.4 Å². The van der Waals surface area contributed by atoms with Crippen LogP contribution in [0.2, 0.25) is 0 Å². The molecule has 9 rings (SSSR count). The number of hydrogen-bond acceptors (Lipinski definition) is 13. The maximum absolute atomic E-state index is 14.1. The van der Waals surface area contributed by atoms with Crippen molar-refractivity contribution < 1.29 is 52.9 Å². The second kappa shape index (κ2) is 23.7. The fourth-order valence-electron chi connectivity index (χ4n) is 10.1. The summed E-state index contributed by atoms with van der Waals surface area (Å²) in [6, 6.07) is 19.9. The Labute approximate surface area is 452 Å². The maximum Gasteiger partial charge on any atom is 0.260 e. The highest BCUT2D eigenvalue weighted by Crippen LogP contribution is 2.41. The lowest BCUT2D eigenvalue weighted by Crippen LogP contribution is -2.45. The molecule has 4 atom stereocenters. The molecule has 0 bridgehead atoms. The predicted molar refractivity (Wildman–Crippen MR) is 294 cm³/mol. The first-order chi connectivity index (χ1) is 37.5. The van der Waals surface area contributed by atoms with Crippen molar-refractivity contribution in [2.75, 3.05) is 32.2 Å². The van der Waals surface area contributed by atoms with Gasteiger partial charge in [-0.1, -0.05) is 51.5 Å². The number of carbonyl (C=O) groups excluding carboxylic acids is 7. The molecule has 0 saturated carbocycles. The minimum Gasteiger partial charge on any atom is -0.508 e. The summed E-state index contributed by atoms with van der Waals surface area (Å²) in [5, 5.41) is 15.5. The van der Waals surface area contributed by atoms with Gasteiger partial charge in [-0.05, 0) is 89.9 Å². The number of benzene rings is 4. The quantitative estimate of drug-likeness (QED) is 0.0499. The lowest BCUT2D eigenvalue weighted by atomic mass is 9.92. The van der Waals surface area contributed by atoms with Crippen LogP contribution in [0.1, 0.15) is 110 Å². The van der Waals surface area contributed by atoms with Gasteiger partial charge in [0.2, 0.25) is 11.8 Å². The fraction of sp³-hybridized carbons (Fsp3) is 0.350. The first-order valence-corrected chi connectivity index (χ1v) is 26.4. The van der Waals surface area contributed by atoms with E-state index in [1.165, 1.54) is 24.2 Å². The molecule has 0 radical (unpaired) electrons. The first kappa shape index (κ1) is 54.1. The number of rotatable bonds is 22. The van der Waals surface area contributed by atoms with E-state index < -0.39 is 12.0 Å². The summed E-state index contributed by atoms with van der Waals surface area (Å²) >= 11 is 0. The molecule has 78 heavy (non-hydrogen) atoms. The molecule has 404 valence electrons. The summed E-state index contributed by atoms with van der Waals surface area (Å²) in [6.45, 7) is 8.14. The summed E-state index contributed by atoms with van der Waals surface area (Å²) in [7, 11) is 1.51. The molecule has 18 heteroatoms. The molecule has 0 aliphatic carbocycles. The zero-order valence-corrected chi connectivity index (χ0v) is 44.3. The van der Waals surface area contributed by atoms with Crippen molar-refractivity contribution in [3.05, 3.63) is 125 Å². The van der Waals surface area contributed by atoms with Gasteiger partial charge in [-0.15, -0.1) is 0 Å². The summed E-state index contributed by atoms with van der Waals surface area (Å²) in [6.07, 6.45) is 13.2. The zero-order valence-electron chi connectivity index (χ0n) is 44.3. The molecule has 5 heterocycles. The molecular weight excluding hydrogens is 995 g/mol. The first-order valence-electron chi connectivity index (χ1n) is 26.4. The molecule has 5 aliphatic rings. The monoisotopic (exact) mass is 1060 g/mol. The van der Waals surface area contributed by atoms with Crippen LogP contribution in [-0.4, -0.2) is 118 Å². The highest BCUT2D eigenvalue weighted by Gasteiger charge is 2.36. The number of hydrogen-bond donors (Lipinski definition) is 3. The molecule has 0 fully saturated rings. The Morgan fingerprint density at radius 3 is 1.86 bits per heavy atom. The molecule has 0 spiro atoms. The van der Waals surface area contributed by atoms with Crippen LogP contribution in [0.15, 0.2) is 107 Å². The molecule has 0 saturated heterocycles. The lowest BCUT2D eigenvalue weighted by Gasteiger charge is -2.23. The summed E-state index contributed by atoms with van der Waals surface area (Å²) in [4.78, 5) is 105. The van der Waals surface area contributed by atoms with Gasteiger partial charge in [-0.25, -0.2) is 0 Å². The molecular formula is C60H63N7O11. The Morgan fingerprint density at radius 1 is 0.705 bits per heavy atom. The van der Waals surface area contributed by atoms with Gasteiger partial charge < -0.3 is 39.8 Å². The van der Waals surface area contributed by atoms with Crippen LogP contribution >= 0.6 is 0 Å². The average molecular weight is 1060 g/mol. The van der Waals surface area contributed by atoms with Gasteiger partial charge in [-0.2, -0.15) is 0 Å². The van der Waals surface area contributed by atoms with Crippen molar-refractivity contribution in [3.63, 3.8) is 0 Å². The van der Waals surface area contributed by atoms with Crippen molar-refractivity contribution >= 4 is 81.9 Å². The number of fused-ring (bicyclic) bond motifs is 4. The van der Waals surface area contributed by atoms with Gasteiger partial charge in [0.15, 0.2) is 17.3 Å². The topological polar surface area (TPSA) is 226 Å². The van der Waals surface area contributed by atoms with E-state index in [0.717, 1.165) is 27.8 Å². The molecule has 4 aromatic rings. The number of anilines is 1. The number of nitrogens with zero attached hydrogens (tertiary/aromatic N) is 5. The summed E-state index contributed by atoms with van der Waals surface area (Å²) in [5.41, 5.74) is 6.88. The highest BCUT2D eigenvalue weighted by atomic mass is 16.5. The second-order valence-corrected chi connectivity index (χ2v) is 20.5. The predicted octanol–water partition coefficient (Wildman–Crippen LogP) is 8.66. The van der Waals surface area contributed by atoms with Gasteiger partial charge in [-0.3, -0.25) is 48.4 Å². The van der Waals surface area contributed by atoms with E-state index in [9.17, 15) is 38.7 Å². The number of aliphatic imine (C=N–C) groups is 2. The number of unbranched alkanes of at least 4 members (excludes halogenated alkanes) is 2. The second-order valence-electron chi connectivity index (χ2n) is 20.5. The number of imide groups is 1. The Kier molecular flexibility index (Phi) is 16.4. The number of phenolic OH excluding ortho intramolecular Hbond substituents is 1. The van der Waals surface area contributed by atoms with Gasteiger partial charge in [0.1, 0.15) is 11.5 Å². The summed E-state index contributed by atoms with van der Waals surface area (Å²) in [5.74, 6) is -1.16. The van der Waals surface area contributed by atoms with E-state index in [0.29, 0.717) is 97.1 Å². The van der Waals surface area contributed by atoms with Crippen molar-refractivity contribution in [3.8, 4) is 23.0 Å². The molecule has 0 aromatic heterocycles. The number of ether oxygens (including phenoxy) is 3. The van der Waals surface area contributed by atoms with Gasteiger partial charge in [0.05, 0.1) is 61.0 Å². The third kappa shape index (κ3) is 12.1. The van der Waals surface area contributed by atoms with Crippen molar-refractivity contribution in [2.45, 2.75) is 97.2 Å². The van der Waals surface area contributed by atoms with Crippen molar-refractivity contribution in [1.29, 1.82) is 0 Å². The van der Waals surface area contributed by atoms with Gasteiger partial charge >= 0.3 is 0 Å². The molecule has 6 amide bonds. The van der Waals surface area contributed by atoms with E-state index in [1.807, 2.05) is 63.5 Å². The Bertz CT molecular complexity index is 3180. The van der Waals surface area contributed by atoms with E-state index in [2.05, 4.69) is 10.6 Å². The standard InChI is InChI=1S/C60H63N7O11/c1-35(2)57(64-54(70)10-7-6-8-21-65-55(71)19-20-56(65)72)50(69)25-37(4)58(73)63-42-15-11-38(12-16-42)40-26-44-32-62-49-30-53(52(76-5)28-47(49)60(75)67(44)33-40)78-23-9-22-77-51-29-48-46(24-36(51)3)59(74)66-34-41(27-43(66)31-61-48)39-13-17-45(68)18-14-39/h11-20,24,28-35,37,43-44,57,68H,6-10,21-23,25-27H2,1-5H3,(H,63,73)(H,64,70)/t37?,43-,44-,57?/m0/s1. The maximum atomic E-state index is 14.1. The number of Topliss-reactive ketones (excluding diaryl/α,β-unsaturated/α-hetero) is 1. The SMILES string of the molecule is COc1cc2c(cc1OCCCOc1cc3c(cc1C)C(=O)N1C=C(c4ccc(O)cc4)C[C@H]1C=N3)N=C[C@@H]1CC(c3ccc(NC(=O)C(C)CC(=O)C(NC(=O)CCCCCN4C(=O)C=CC4=O)C(C)C)cc3)=CN1C2=O. The molecule has 18 nitrogen and oxygen atoms in total. The van der Waals surface area contributed by atoms with Crippen LogP contribution < -0.4 is 24.8 Å². The zero-order chi connectivity index (χ0) is 55.2. The van der Waals surface area contributed by atoms with Crippen LogP contribution in [0.5, 0.6) is 23.0 Å². The Hall–Kier alpha value is -8.67. The molecule has 2 unspecified atom stereocenters. The van der Waals surface area contributed by atoms with E-state index in [1.54, 1.807) is 71.6 Å². The fourth-order valence-corrected chi connectivity index (χ4v) is 10.1. The number of carbonyl (C=O) groups is 7. The van der Waals surface area contributed by atoms with E-state index in [4.69, 9.17) is 24.2 Å². The number of aryl methyl sites for hydroxylation is 1. The van der Waals surface area contributed by atoms with Crippen molar-refractivity contribution in [2.24, 2.45) is 21.8 Å². The third-order valence-electron chi connectivity index (χ3n) is 14.5. The lowest BCUT2D eigenvalue weighted by molar-refractivity contribution is -0.137. The normalized spacial score (nSPS) is 17.9. The number of nitrogens with one attached hydrogen (secondary N) is 2. The molecule has 5 aliphatic heterocycles. The van der Waals surface area contributed by atoms with E-state index in [-0.39, 0.29) is 84.4 Å². The number of ketones is 1.